The van der Waals surface area contributed by atoms with Crippen molar-refractivity contribution >= 4 is 12.1 Å². The van der Waals surface area contributed by atoms with Gasteiger partial charge in [0.05, 0.1) is 0 Å². The summed E-state index contributed by atoms with van der Waals surface area (Å²) in [6, 6.07) is 24.8. The van der Waals surface area contributed by atoms with Crippen molar-refractivity contribution in [2.24, 2.45) is 0 Å². The maximum Gasteiger partial charge on any atom is 0.407 e. The first-order valence-electron chi connectivity index (χ1n) is 10.4. The van der Waals surface area contributed by atoms with E-state index in [4.69, 9.17) is 4.74 Å². The molecule has 5 nitrogen and oxygen atoms in total. The molecular weight excluding hydrogens is 390 g/mol. The topological polar surface area (TPSA) is 75.6 Å². The molecule has 0 radical (unpaired) electrons. The van der Waals surface area contributed by atoms with Gasteiger partial charge in [0.2, 0.25) is 0 Å². The van der Waals surface area contributed by atoms with Gasteiger partial charge in [-0.25, -0.2) is 9.59 Å². The standard InChI is InChI=1S/C26H25NO4/c1-17(18-9-3-2-4-10-18)15-24(25(28)29)27-26(30)31-16-23-21-13-7-5-11-19(21)20-12-6-8-14-22(20)23/h2-14,17,23-24H,15-16H2,1H3,(H,27,30)(H,28,29). The number of aliphatic carboxylic acids is 1. The minimum absolute atomic E-state index is 0.0174. The summed E-state index contributed by atoms with van der Waals surface area (Å²) < 4.78 is 5.49. The van der Waals surface area contributed by atoms with Gasteiger partial charge in [-0.2, -0.15) is 0 Å². The Morgan fingerprint density at radius 1 is 0.903 bits per heavy atom. The van der Waals surface area contributed by atoms with Crippen molar-refractivity contribution in [2.75, 3.05) is 6.61 Å². The highest BCUT2D eigenvalue weighted by Crippen LogP contribution is 2.44. The monoisotopic (exact) mass is 415 g/mol. The van der Waals surface area contributed by atoms with Crippen LogP contribution in [-0.2, 0) is 9.53 Å². The van der Waals surface area contributed by atoms with Crippen molar-refractivity contribution in [3.05, 3.63) is 95.6 Å². The van der Waals surface area contributed by atoms with Crippen molar-refractivity contribution in [1.29, 1.82) is 0 Å². The van der Waals surface area contributed by atoms with E-state index in [0.717, 1.165) is 27.8 Å². The molecule has 0 spiro atoms. The Morgan fingerprint density at radius 3 is 2.03 bits per heavy atom. The van der Waals surface area contributed by atoms with Crippen LogP contribution < -0.4 is 5.32 Å². The van der Waals surface area contributed by atoms with Crippen LogP contribution in [0.4, 0.5) is 4.79 Å². The number of carboxylic acids is 1. The van der Waals surface area contributed by atoms with Crippen LogP contribution in [-0.4, -0.2) is 29.8 Å². The van der Waals surface area contributed by atoms with E-state index in [1.807, 2.05) is 73.7 Å². The van der Waals surface area contributed by atoms with Crippen LogP contribution in [0.25, 0.3) is 11.1 Å². The molecule has 1 aliphatic carbocycles. The van der Waals surface area contributed by atoms with E-state index >= 15 is 0 Å². The Bertz CT molecular complexity index is 1030. The normalized spacial score (nSPS) is 14.2. The number of rotatable bonds is 7. The Balaban J connectivity index is 1.41. The number of alkyl carbamates (subject to hydrolysis) is 1. The van der Waals surface area contributed by atoms with Gasteiger partial charge >= 0.3 is 12.1 Å². The summed E-state index contributed by atoms with van der Waals surface area (Å²) in [6.07, 6.45) is -0.432. The van der Waals surface area contributed by atoms with Crippen LogP contribution in [0.3, 0.4) is 0 Å². The summed E-state index contributed by atoms with van der Waals surface area (Å²) >= 11 is 0. The number of carbonyl (C=O) groups excluding carboxylic acids is 1. The number of benzene rings is 3. The molecule has 3 aromatic rings. The second-order valence-corrected chi connectivity index (χ2v) is 7.91. The molecule has 2 N–H and O–H groups in total. The van der Waals surface area contributed by atoms with E-state index in [2.05, 4.69) is 17.4 Å². The van der Waals surface area contributed by atoms with Gasteiger partial charge in [0.25, 0.3) is 0 Å². The SMILES string of the molecule is CC(CC(NC(=O)OCC1c2ccccc2-c2ccccc21)C(=O)O)c1ccccc1. The van der Waals surface area contributed by atoms with Gasteiger partial charge in [-0.3, -0.25) is 0 Å². The largest absolute Gasteiger partial charge is 0.480 e. The highest BCUT2D eigenvalue weighted by atomic mass is 16.5. The molecule has 0 fully saturated rings. The fourth-order valence-electron chi connectivity index (χ4n) is 4.28. The summed E-state index contributed by atoms with van der Waals surface area (Å²) in [4.78, 5) is 24.2. The fourth-order valence-corrected chi connectivity index (χ4v) is 4.28. The Labute approximate surface area is 181 Å². The van der Waals surface area contributed by atoms with Gasteiger partial charge in [-0.1, -0.05) is 85.8 Å². The van der Waals surface area contributed by atoms with Gasteiger partial charge in [0.15, 0.2) is 0 Å². The third kappa shape index (κ3) is 4.45. The lowest BCUT2D eigenvalue weighted by molar-refractivity contribution is -0.139. The number of hydrogen-bond acceptors (Lipinski definition) is 3. The summed E-state index contributed by atoms with van der Waals surface area (Å²) in [5, 5.41) is 12.1. The first-order valence-corrected chi connectivity index (χ1v) is 10.4. The van der Waals surface area contributed by atoms with Crippen LogP contribution in [0.1, 0.15) is 41.9 Å². The highest BCUT2D eigenvalue weighted by molar-refractivity contribution is 5.81. The molecule has 2 unspecified atom stereocenters. The van der Waals surface area contributed by atoms with Gasteiger partial charge < -0.3 is 15.2 Å². The molecule has 4 rings (SSSR count). The number of ether oxygens (including phenoxy) is 1. The predicted octanol–water partition coefficient (Wildman–Crippen LogP) is 5.17. The minimum atomic E-state index is -1.07. The summed E-state index contributed by atoms with van der Waals surface area (Å²) in [7, 11) is 0. The van der Waals surface area contributed by atoms with Crippen molar-refractivity contribution < 1.29 is 19.4 Å². The number of carboxylic acid groups (broad SMARTS) is 1. The van der Waals surface area contributed by atoms with Crippen molar-refractivity contribution in [3.63, 3.8) is 0 Å². The Hall–Kier alpha value is -3.60. The second-order valence-electron chi connectivity index (χ2n) is 7.91. The number of carbonyl (C=O) groups is 2. The first kappa shape index (κ1) is 20.7. The number of fused-ring (bicyclic) bond motifs is 3. The molecule has 0 aromatic heterocycles. The third-order valence-electron chi connectivity index (χ3n) is 5.89. The third-order valence-corrected chi connectivity index (χ3v) is 5.89. The maximum absolute atomic E-state index is 12.5. The zero-order chi connectivity index (χ0) is 21.8. The Morgan fingerprint density at radius 2 is 1.45 bits per heavy atom. The van der Waals surface area contributed by atoms with E-state index in [9.17, 15) is 14.7 Å². The molecule has 0 saturated heterocycles. The number of hydrogen-bond donors (Lipinski definition) is 2. The highest BCUT2D eigenvalue weighted by Gasteiger charge is 2.30. The average Bonchev–Trinajstić information content (AvgIpc) is 3.11. The number of amides is 1. The van der Waals surface area contributed by atoms with E-state index < -0.39 is 18.1 Å². The molecule has 0 saturated carbocycles. The van der Waals surface area contributed by atoms with E-state index in [1.165, 1.54) is 0 Å². The van der Waals surface area contributed by atoms with Crippen LogP contribution in [0.15, 0.2) is 78.9 Å². The molecule has 31 heavy (non-hydrogen) atoms. The lowest BCUT2D eigenvalue weighted by Crippen LogP contribution is -2.42. The molecule has 1 aliphatic rings. The minimum Gasteiger partial charge on any atom is -0.480 e. The Kier molecular flexibility index (Phi) is 6.03. The molecule has 0 heterocycles. The van der Waals surface area contributed by atoms with Crippen molar-refractivity contribution in [2.45, 2.75) is 31.2 Å². The van der Waals surface area contributed by atoms with Crippen LogP contribution in [0, 0.1) is 0 Å². The lowest BCUT2D eigenvalue weighted by atomic mass is 9.94. The molecule has 0 bridgehead atoms. The predicted molar refractivity (Wildman–Crippen MR) is 119 cm³/mol. The fraction of sp³-hybridized carbons (Fsp3) is 0.231. The summed E-state index contributed by atoms with van der Waals surface area (Å²) in [5.41, 5.74) is 5.55. The van der Waals surface area contributed by atoms with Crippen LogP contribution >= 0.6 is 0 Å². The molecule has 158 valence electrons. The average molecular weight is 415 g/mol. The van der Waals surface area contributed by atoms with Gasteiger partial charge in [0.1, 0.15) is 12.6 Å². The molecule has 0 aliphatic heterocycles. The molecular formula is C26H25NO4. The smallest absolute Gasteiger partial charge is 0.407 e. The molecule has 1 amide bonds. The van der Waals surface area contributed by atoms with E-state index in [0.29, 0.717) is 0 Å². The molecule has 2 atom stereocenters. The van der Waals surface area contributed by atoms with Gasteiger partial charge in [0, 0.05) is 5.92 Å². The second kappa shape index (κ2) is 9.04. The molecule has 3 aromatic carbocycles. The number of nitrogens with one attached hydrogen (secondary N) is 1. The van der Waals surface area contributed by atoms with Crippen LogP contribution in [0.2, 0.25) is 0 Å². The van der Waals surface area contributed by atoms with E-state index in [-0.39, 0.29) is 24.9 Å². The van der Waals surface area contributed by atoms with Crippen molar-refractivity contribution in [1.82, 2.24) is 5.32 Å². The zero-order valence-electron chi connectivity index (χ0n) is 17.3. The maximum atomic E-state index is 12.5. The summed E-state index contributed by atoms with van der Waals surface area (Å²) in [6.45, 7) is 2.10. The first-order chi connectivity index (χ1) is 15.0. The van der Waals surface area contributed by atoms with Crippen molar-refractivity contribution in [3.8, 4) is 11.1 Å². The molecule has 5 heteroatoms. The van der Waals surface area contributed by atoms with Gasteiger partial charge in [-0.15, -0.1) is 0 Å². The summed E-state index contributed by atoms with van der Waals surface area (Å²) in [5.74, 6) is -1.16. The van der Waals surface area contributed by atoms with E-state index in [1.54, 1.807) is 0 Å². The van der Waals surface area contributed by atoms with Gasteiger partial charge in [-0.05, 0) is 40.2 Å². The zero-order valence-corrected chi connectivity index (χ0v) is 17.3. The lowest BCUT2D eigenvalue weighted by Gasteiger charge is -2.20. The van der Waals surface area contributed by atoms with Crippen LogP contribution in [0.5, 0.6) is 0 Å². The quantitative estimate of drug-likeness (QED) is 0.558.